The van der Waals surface area contributed by atoms with Gasteiger partial charge in [0.2, 0.25) is 0 Å². The van der Waals surface area contributed by atoms with Crippen molar-refractivity contribution in [2.24, 2.45) is 0 Å². The van der Waals surface area contributed by atoms with E-state index in [-0.39, 0.29) is 12.6 Å². The molecule has 0 amide bonds. The van der Waals surface area contributed by atoms with E-state index < -0.39 is 6.10 Å². The molecular weight excluding hydrogens is 272 g/mol. The lowest BCUT2D eigenvalue weighted by Crippen LogP contribution is -2.19. The number of esters is 1. The molecule has 116 valence electrons. The Labute approximate surface area is 125 Å². The van der Waals surface area contributed by atoms with Crippen LogP contribution in [0.3, 0.4) is 0 Å². The molecule has 1 rings (SSSR count). The van der Waals surface area contributed by atoms with Crippen LogP contribution in [0.4, 0.5) is 0 Å². The van der Waals surface area contributed by atoms with Gasteiger partial charge in [-0.1, -0.05) is 42.5 Å². The molecule has 5 nitrogen and oxygen atoms in total. The normalized spacial score (nSPS) is 12.5. The molecule has 0 aliphatic carbocycles. The Morgan fingerprint density at radius 2 is 1.76 bits per heavy atom. The summed E-state index contributed by atoms with van der Waals surface area (Å²) in [6.07, 6.45) is 2.82. The second kappa shape index (κ2) is 11.0. The quantitative estimate of drug-likeness (QED) is 0.218. The molecule has 21 heavy (non-hydrogen) atoms. The molecule has 1 unspecified atom stereocenters. The first-order valence-electron chi connectivity index (χ1n) is 7.02. The van der Waals surface area contributed by atoms with E-state index in [9.17, 15) is 4.79 Å². The number of hydrogen-bond donors (Lipinski definition) is 0. The predicted octanol–water partition coefficient (Wildman–Crippen LogP) is 2.83. The summed E-state index contributed by atoms with van der Waals surface area (Å²) in [5, 5.41) is 0. The van der Waals surface area contributed by atoms with Gasteiger partial charge in [0.15, 0.2) is 6.10 Å². The van der Waals surface area contributed by atoms with E-state index in [0.717, 1.165) is 5.56 Å². The van der Waals surface area contributed by atoms with Gasteiger partial charge in [-0.3, -0.25) is 0 Å². The molecular formula is C16H22O5. The van der Waals surface area contributed by atoms with E-state index in [2.05, 4.69) is 0 Å². The van der Waals surface area contributed by atoms with Crippen LogP contribution in [0.15, 0.2) is 42.5 Å². The summed E-state index contributed by atoms with van der Waals surface area (Å²) in [4.78, 5) is 21.5. The summed E-state index contributed by atoms with van der Waals surface area (Å²) in [5.41, 5.74) is 0.773. The lowest BCUT2D eigenvalue weighted by molar-refractivity contribution is -0.282. The predicted molar refractivity (Wildman–Crippen MR) is 78.5 cm³/mol. The van der Waals surface area contributed by atoms with Gasteiger partial charge in [-0.2, -0.15) is 0 Å². The van der Waals surface area contributed by atoms with E-state index >= 15 is 0 Å². The second-order valence-electron chi connectivity index (χ2n) is 4.04. The highest BCUT2D eigenvalue weighted by Gasteiger charge is 2.21. The molecule has 0 fully saturated rings. The first-order valence-corrected chi connectivity index (χ1v) is 7.02. The smallest absolute Gasteiger partial charge is 0.339 e. The van der Waals surface area contributed by atoms with Gasteiger partial charge in [0, 0.05) is 0 Å². The number of hydrogen-bond acceptors (Lipinski definition) is 5. The number of ether oxygens (including phenoxy) is 2. The summed E-state index contributed by atoms with van der Waals surface area (Å²) in [7, 11) is 0. The fourth-order valence-corrected chi connectivity index (χ4v) is 1.60. The summed E-state index contributed by atoms with van der Waals surface area (Å²) in [5.74, 6) is -0.386. The lowest BCUT2D eigenvalue weighted by atomic mass is 10.1. The van der Waals surface area contributed by atoms with Crippen molar-refractivity contribution in [1.82, 2.24) is 0 Å². The number of carbonyl (C=O) groups is 1. The van der Waals surface area contributed by atoms with Crippen LogP contribution in [0.25, 0.3) is 0 Å². The highest BCUT2D eigenvalue weighted by atomic mass is 17.2. The largest absolute Gasteiger partial charge is 0.464 e. The van der Waals surface area contributed by atoms with E-state index in [1.165, 1.54) is 0 Å². The highest BCUT2D eigenvalue weighted by molar-refractivity contribution is 5.76. The number of benzene rings is 1. The first kappa shape index (κ1) is 17.4. The van der Waals surface area contributed by atoms with Crippen LogP contribution in [0.1, 0.15) is 25.5 Å². The maximum Gasteiger partial charge on any atom is 0.339 e. The van der Waals surface area contributed by atoms with Crippen molar-refractivity contribution in [3.63, 3.8) is 0 Å². The van der Waals surface area contributed by atoms with Gasteiger partial charge in [-0.05, 0) is 19.4 Å². The minimum Gasteiger partial charge on any atom is -0.464 e. The molecule has 1 atom stereocenters. The third-order valence-electron chi connectivity index (χ3n) is 2.49. The molecule has 0 saturated heterocycles. The number of rotatable bonds is 10. The molecule has 0 heterocycles. The molecule has 1 aromatic rings. The highest BCUT2D eigenvalue weighted by Crippen LogP contribution is 2.18. The van der Waals surface area contributed by atoms with Crippen LogP contribution in [-0.4, -0.2) is 32.4 Å². The van der Waals surface area contributed by atoms with E-state index in [0.29, 0.717) is 19.8 Å². The minimum atomic E-state index is -0.719. The van der Waals surface area contributed by atoms with Crippen LogP contribution in [-0.2, 0) is 24.0 Å². The average molecular weight is 294 g/mol. The zero-order valence-electron chi connectivity index (χ0n) is 12.5. The molecule has 0 N–H and O–H groups in total. The fraction of sp³-hybridized carbons (Fsp3) is 0.438. The Morgan fingerprint density at radius 1 is 1.05 bits per heavy atom. The molecule has 1 aromatic carbocycles. The minimum absolute atomic E-state index is 0.286. The molecule has 5 heteroatoms. The average Bonchev–Trinajstić information content (AvgIpc) is 2.51. The molecule has 0 aliphatic rings. The van der Waals surface area contributed by atoms with Crippen molar-refractivity contribution in [2.45, 2.75) is 20.0 Å². The van der Waals surface area contributed by atoms with Crippen molar-refractivity contribution in [3.05, 3.63) is 48.0 Å². The molecule has 0 aromatic heterocycles. The Hall–Kier alpha value is -1.69. The Bertz CT molecular complexity index is 416. The van der Waals surface area contributed by atoms with Gasteiger partial charge < -0.3 is 9.47 Å². The molecule has 0 spiro atoms. The topological polar surface area (TPSA) is 54.0 Å². The monoisotopic (exact) mass is 294 g/mol. The van der Waals surface area contributed by atoms with E-state index in [4.69, 9.17) is 19.2 Å². The van der Waals surface area contributed by atoms with Gasteiger partial charge in [0.1, 0.15) is 6.61 Å². The third kappa shape index (κ3) is 7.04. The van der Waals surface area contributed by atoms with Crippen LogP contribution in [0.5, 0.6) is 0 Å². The molecule has 0 saturated carbocycles. The van der Waals surface area contributed by atoms with E-state index in [1.54, 1.807) is 19.1 Å². The Kier molecular flexibility index (Phi) is 9.11. The van der Waals surface area contributed by atoms with Crippen molar-refractivity contribution in [2.75, 3.05) is 26.4 Å². The van der Waals surface area contributed by atoms with Gasteiger partial charge in [-0.25, -0.2) is 14.6 Å². The van der Waals surface area contributed by atoms with Crippen molar-refractivity contribution in [1.29, 1.82) is 0 Å². The van der Waals surface area contributed by atoms with Crippen LogP contribution in [0, 0.1) is 0 Å². The van der Waals surface area contributed by atoms with Crippen molar-refractivity contribution >= 4 is 5.97 Å². The van der Waals surface area contributed by atoms with E-state index in [1.807, 2.05) is 37.3 Å². The first-order chi connectivity index (χ1) is 10.3. The zero-order chi connectivity index (χ0) is 15.3. The SMILES string of the molecule is CCOOC/C=C/COC(C(=O)OCC)c1ccccc1. The van der Waals surface area contributed by atoms with Gasteiger partial charge >= 0.3 is 5.97 Å². The van der Waals surface area contributed by atoms with Gasteiger partial charge in [0.25, 0.3) is 0 Å². The molecule has 0 aliphatic heterocycles. The van der Waals surface area contributed by atoms with Gasteiger partial charge in [-0.15, -0.1) is 0 Å². The fourth-order valence-electron chi connectivity index (χ4n) is 1.60. The van der Waals surface area contributed by atoms with Crippen LogP contribution in [0.2, 0.25) is 0 Å². The standard InChI is InChI=1S/C16H22O5/c1-3-18-16(17)15(14-10-6-5-7-11-14)19-12-8-9-13-21-20-4-2/h5-11,15H,3-4,12-13H2,1-2H3/b9-8+. The van der Waals surface area contributed by atoms with Gasteiger partial charge in [0.05, 0.1) is 19.8 Å². The molecule has 0 bridgehead atoms. The second-order valence-corrected chi connectivity index (χ2v) is 4.04. The summed E-state index contributed by atoms with van der Waals surface area (Å²) < 4.78 is 10.6. The Balaban J connectivity index is 2.49. The third-order valence-corrected chi connectivity index (χ3v) is 2.49. The summed E-state index contributed by atoms with van der Waals surface area (Å²) in [6.45, 7) is 5.06. The summed E-state index contributed by atoms with van der Waals surface area (Å²) in [6, 6.07) is 9.27. The Morgan fingerprint density at radius 3 is 2.43 bits per heavy atom. The van der Waals surface area contributed by atoms with Crippen molar-refractivity contribution < 1.29 is 24.0 Å². The van der Waals surface area contributed by atoms with Crippen LogP contribution < -0.4 is 0 Å². The lowest BCUT2D eigenvalue weighted by Gasteiger charge is -2.15. The van der Waals surface area contributed by atoms with Crippen LogP contribution >= 0.6 is 0 Å². The summed E-state index contributed by atoms with van der Waals surface area (Å²) >= 11 is 0. The van der Waals surface area contributed by atoms with Crippen molar-refractivity contribution in [3.8, 4) is 0 Å². The zero-order valence-corrected chi connectivity index (χ0v) is 12.5. The maximum absolute atomic E-state index is 11.9. The maximum atomic E-state index is 11.9. The number of carbonyl (C=O) groups excluding carboxylic acids is 1. The molecule has 0 radical (unpaired) electrons.